The summed E-state index contributed by atoms with van der Waals surface area (Å²) in [6.07, 6.45) is 0. The highest BCUT2D eigenvalue weighted by molar-refractivity contribution is 6.09. The fourth-order valence-electron chi connectivity index (χ4n) is 1.87. The molecule has 0 radical (unpaired) electrons. The third-order valence-corrected chi connectivity index (χ3v) is 2.77. The molecule has 0 aliphatic carbocycles. The van der Waals surface area contributed by atoms with Gasteiger partial charge in [0.1, 0.15) is 6.73 Å². The largest absolute Gasteiger partial charge is 0.376 e. The van der Waals surface area contributed by atoms with Crippen molar-refractivity contribution in [2.45, 2.75) is 12.3 Å². The number of amides is 1. The third-order valence-electron chi connectivity index (χ3n) is 2.77. The first-order chi connectivity index (χ1) is 7.15. The molecule has 1 amide bonds. The second-order valence-electron chi connectivity index (χ2n) is 3.63. The summed E-state index contributed by atoms with van der Waals surface area (Å²) >= 11 is 0. The topological polar surface area (TPSA) is 64.3 Å². The predicted octanol–water partition coefficient (Wildman–Crippen LogP) is 0.764. The van der Waals surface area contributed by atoms with E-state index in [1.165, 1.54) is 4.90 Å². The summed E-state index contributed by atoms with van der Waals surface area (Å²) in [7, 11) is 0. The second-order valence-corrected chi connectivity index (χ2v) is 3.63. The van der Waals surface area contributed by atoms with E-state index in [0.717, 1.165) is 0 Å². The number of carbonyl (C=O) groups excluding carboxylic acids is 1. The van der Waals surface area contributed by atoms with Crippen LogP contribution >= 0.6 is 0 Å². The van der Waals surface area contributed by atoms with Crippen LogP contribution in [-0.4, -0.2) is 17.7 Å². The lowest BCUT2D eigenvalue weighted by Crippen LogP contribution is -2.37. The summed E-state index contributed by atoms with van der Waals surface area (Å²) in [6.45, 7) is 1.18. The highest BCUT2D eigenvalue weighted by Gasteiger charge is 2.47. The average molecular weight is 202 g/mol. The normalized spacial score (nSPS) is 23.8. The van der Waals surface area contributed by atoms with Crippen molar-refractivity contribution in [3.05, 3.63) is 29.8 Å². The number of hydrogen-bond donors (Lipinski definition) is 1. The van der Waals surface area contributed by atoms with Crippen LogP contribution in [0.2, 0.25) is 0 Å². The van der Waals surface area contributed by atoms with Crippen molar-refractivity contribution in [1.29, 1.82) is 5.26 Å². The van der Waals surface area contributed by atoms with Crippen LogP contribution in [-0.2, 0) is 10.2 Å². The molecule has 1 unspecified atom stereocenters. The van der Waals surface area contributed by atoms with Crippen LogP contribution in [0.15, 0.2) is 24.3 Å². The van der Waals surface area contributed by atoms with Crippen molar-refractivity contribution in [3.8, 4) is 6.07 Å². The minimum absolute atomic E-state index is 0.367. The lowest BCUT2D eigenvalue weighted by atomic mass is 9.86. The number of para-hydroxylation sites is 1. The molecule has 1 atom stereocenters. The van der Waals surface area contributed by atoms with Gasteiger partial charge in [-0.15, -0.1) is 0 Å². The van der Waals surface area contributed by atoms with Gasteiger partial charge in [0, 0.05) is 5.56 Å². The maximum Gasteiger partial charge on any atom is 0.253 e. The molecule has 1 N–H and O–H groups in total. The fourth-order valence-corrected chi connectivity index (χ4v) is 1.87. The van der Waals surface area contributed by atoms with Crippen LogP contribution in [0.3, 0.4) is 0 Å². The van der Waals surface area contributed by atoms with Gasteiger partial charge in [-0.25, -0.2) is 0 Å². The Labute approximate surface area is 87.4 Å². The number of carbonyl (C=O) groups is 1. The molecule has 1 aromatic rings. The number of rotatable bonds is 1. The molecule has 15 heavy (non-hydrogen) atoms. The number of anilines is 1. The number of aliphatic hydroxyl groups is 1. The molecule has 0 bridgehead atoms. The number of nitriles is 1. The van der Waals surface area contributed by atoms with E-state index in [0.29, 0.717) is 11.3 Å². The minimum Gasteiger partial charge on any atom is -0.376 e. The summed E-state index contributed by atoms with van der Waals surface area (Å²) in [4.78, 5) is 13.1. The minimum atomic E-state index is -1.17. The first kappa shape index (κ1) is 9.69. The van der Waals surface area contributed by atoms with Gasteiger partial charge < -0.3 is 5.11 Å². The molecule has 2 rings (SSSR count). The van der Waals surface area contributed by atoms with Crippen LogP contribution in [0.4, 0.5) is 5.69 Å². The van der Waals surface area contributed by atoms with Gasteiger partial charge in [0.05, 0.1) is 11.8 Å². The number of benzene rings is 1. The molecule has 0 spiro atoms. The number of nitrogens with zero attached hydrogens (tertiary/aromatic N) is 2. The van der Waals surface area contributed by atoms with Crippen LogP contribution in [0.1, 0.15) is 12.5 Å². The van der Waals surface area contributed by atoms with Crippen molar-refractivity contribution in [1.82, 2.24) is 0 Å². The van der Waals surface area contributed by atoms with Gasteiger partial charge in [0.25, 0.3) is 5.91 Å². The van der Waals surface area contributed by atoms with Crippen LogP contribution in [0.5, 0.6) is 0 Å². The highest BCUT2D eigenvalue weighted by atomic mass is 16.3. The number of aliphatic hydroxyl groups excluding tert-OH is 1. The molecule has 0 aromatic heterocycles. The van der Waals surface area contributed by atoms with E-state index < -0.39 is 12.1 Å². The quantitative estimate of drug-likeness (QED) is 0.731. The van der Waals surface area contributed by atoms with E-state index in [9.17, 15) is 4.79 Å². The first-order valence-electron chi connectivity index (χ1n) is 4.58. The van der Waals surface area contributed by atoms with E-state index in [1.54, 1.807) is 31.2 Å². The predicted molar refractivity (Wildman–Crippen MR) is 54.0 cm³/mol. The van der Waals surface area contributed by atoms with Gasteiger partial charge in [0.2, 0.25) is 0 Å². The van der Waals surface area contributed by atoms with Gasteiger partial charge >= 0.3 is 0 Å². The summed E-state index contributed by atoms with van der Waals surface area (Å²) in [5.74, 6) is -0.367. The molecule has 1 aliphatic rings. The standard InChI is InChI=1S/C11H10N2O2/c1-11(6-12)8-4-2-3-5-9(8)13(7-14)10(11)15/h2-5,14H,7H2,1H3. The van der Waals surface area contributed by atoms with Gasteiger partial charge in [-0.05, 0) is 13.0 Å². The average Bonchev–Trinajstić information content (AvgIpc) is 2.50. The Balaban J connectivity index is 2.68. The summed E-state index contributed by atoms with van der Waals surface area (Å²) in [5.41, 5.74) is 0.111. The van der Waals surface area contributed by atoms with Crippen LogP contribution in [0.25, 0.3) is 0 Å². The van der Waals surface area contributed by atoms with E-state index in [1.807, 2.05) is 6.07 Å². The zero-order valence-corrected chi connectivity index (χ0v) is 8.27. The SMILES string of the molecule is CC1(C#N)C(=O)N(CO)c2ccccc21. The van der Waals surface area contributed by atoms with Crippen molar-refractivity contribution in [2.75, 3.05) is 11.6 Å². The zero-order valence-electron chi connectivity index (χ0n) is 8.27. The lowest BCUT2D eigenvalue weighted by Gasteiger charge is -2.15. The molecule has 0 fully saturated rings. The molecular formula is C11H10N2O2. The Morgan fingerprint density at radius 1 is 1.53 bits per heavy atom. The summed E-state index contributed by atoms with van der Waals surface area (Å²) in [6, 6.07) is 9.03. The van der Waals surface area contributed by atoms with Crippen molar-refractivity contribution < 1.29 is 9.90 Å². The van der Waals surface area contributed by atoms with Crippen LogP contribution in [0, 0.1) is 11.3 Å². The summed E-state index contributed by atoms with van der Waals surface area (Å²) < 4.78 is 0. The van der Waals surface area contributed by atoms with Gasteiger partial charge in [-0.3, -0.25) is 9.69 Å². The first-order valence-corrected chi connectivity index (χ1v) is 4.58. The molecule has 4 nitrogen and oxygen atoms in total. The van der Waals surface area contributed by atoms with Gasteiger partial charge in [-0.2, -0.15) is 5.26 Å². The molecule has 1 aromatic carbocycles. The van der Waals surface area contributed by atoms with E-state index in [2.05, 4.69) is 0 Å². The molecule has 0 saturated carbocycles. The molecular weight excluding hydrogens is 192 g/mol. The Hall–Kier alpha value is -1.86. The lowest BCUT2D eigenvalue weighted by molar-refractivity contribution is -0.121. The van der Waals surface area contributed by atoms with E-state index in [4.69, 9.17) is 10.4 Å². The fraction of sp³-hybridized carbons (Fsp3) is 0.273. The molecule has 0 saturated heterocycles. The van der Waals surface area contributed by atoms with Crippen molar-refractivity contribution in [2.24, 2.45) is 0 Å². The Morgan fingerprint density at radius 2 is 2.20 bits per heavy atom. The maximum atomic E-state index is 11.9. The maximum absolute atomic E-state index is 11.9. The monoisotopic (exact) mass is 202 g/mol. The molecule has 76 valence electrons. The van der Waals surface area contributed by atoms with E-state index in [-0.39, 0.29) is 5.91 Å². The Morgan fingerprint density at radius 3 is 2.80 bits per heavy atom. The molecule has 1 heterocycles. The molecule has 4 heteroatoms. The Kier molecular flexibility index (Phi) is 1.98. The third kappa shape index (κ3) is 1.07. The van der Waals surface area contributed by atoms with Crippen molar-refractivity contribution >= 4 is 11.6 Å². The van der Waals surface area contributed by atoms with Crippen LogP contribution < -0.4 is 4.90 Å². The smallest absolute Gasteiger partial charge is 0.253 e. The van der Waals surface area contributed by atoms with Gasteiger partial charge in [0.15, 0.2) is 5.41 Å². The molecule has 1 aliphatic heterocycles. The highest BCUT2D eigenvalue weighted by Crippen LogP contribution is 2.40. The number of fused-ring (bicyclic) bond motifs is 1. The van der Waals surface area contributed by atoms with Crippen molar-refractivity contribution in [3.63, 3.8) is 0 Å². The summed E-state index contributed by atoms with van der Waals surface area (Å²) in [5, 5.41) is 18.2. The Bertz CT molecular complexity index is 464. The van der Waals surface area contributed by atoms with E-state index >= 15 is 0 Å². The van der Waals surface area contributed by atoms with Gasteiger partial charge in [-0.1, -0.05) is 18.2 Å². The number of hydrogen-bond acceptors (Lipinski definition) is 3. The second kappa shape index (κ2) is 3.07. The zero-order chi connectivity index (χ0) is 11.1.